The minimum Gasteiger partial charge on any atom is -0.462 e. The average Bonchev–Trinajstić information content (AvgIpc) is 2.48. The lowest BCUT2D eigenvalue weighted by Gasteiger charge is -1.98. The van der Waals surface area contributed by atoms with Gasteiger partial charge in [0, 0.05) is 13.3 Å². The molecule has 3 nitrogen and oxygen atoms in total. The number of ether oxygens (including phenoxy) is 1. The fourth-order valence-corrected chi connectivity index (χ4v) is 1.42. The molecule has 0 aliphatic rings. The van der Waals surface area contributed by atoms with Gasteiger partial charge in [-0.15, -0.1) is 6.58 Å². The van der Waals surface area contributed by atoms with Crippen molar-refractivity contribution in [1.82, 2.24) is 0 Å². The van der Waals surface area contributed by atoms with Crippen LogP contribution in [0.15, 0.2) is 37.0 Å². The van der Waals surface area contributed by atoms with Crippen LogP contribution in [0.5, 0.6) is 0 Å². The first kappa shape index (κ1) is 19.8. The maximum absolute atomic E-state index is 10.5. The summed E-state index contributed by atoms with van der Waals surface area (Å²) in [6.45, 7) is 5.24. The van der Waals surface area contributed by atoms with E-state index in [-0.39, 0.29) is 12.6 Å². The van der Waals surface area contributed by atoms with Gasteiger partial charge in [0.1, 0.15) is 6.61 Å². The zero-order chi connectivity index (χ0) is 16.5. The predicted molar refractivity (Wildman–Crippen MR) is 89.8 cm³/mol. The quantitative estimate of drug-likeness (QED) is 0.308. The molecule has 0 fully saturated rings. The number of carbonyl (C=O) groups is 1. The van der Waals surface area contributed by atoms with Crippen LogP contribution >= 0.6 is 0 Å². The van der Waals surface area contributed by atoms with Gasteiger partial charge in [0.15, 0.2) is 0 Å². The Morgan fingerprint density at radius 3 is 2.77 bits per heavy atom. The largest absolute Gasteiger partial charge is 0.462 e. The van der Waals surface area contributed by atoms with E-state index in [1.165, 1.54) is 6.92 Å². The highest BCUT2D eigenvalue weighted by Crippen LogP contribution is 2.02. The molecule has 22 heavy (non-hydrogen) atoms. The van der Waals surface area contributed by atoms with Gasteiger partial charge >= 0.3 is 5.97 Å². The molecule has 1 atom stereocenters. The third-order valence-electron chi connectivity index (χ3n) is 2.51. The van der Waals surface area contributed by atoms with E-state index in [0.29, 0.717) is 6.42 Å². The van der Waals surface area contributed by atoms with Crippen LogP contribution in [0.25, 0.3) is 0 Å². The van der Waals surface area contributed by atoms with Gasteiger partial charge < -0.3 is 9.84 Å². The van der Waals surface area contributed by atoms with E-state index in [9.17, 15) is 9.90 Å². The Kier molecular flexibility index (Phi) is 13.6. The summed E-state index contributed by atoms with van der Waals surface area (Å²) < 4.78 is 4.69. The molecular formula is C19H24O3. The van der Waals surface area contributed by atoms with Gasteiger partial charge in [0.25, 0.3) is 0 Å². The summed E-state index contributed by atoms with van der Waals surface area (Å²) in [4.78, 5) is 10.5. The maximum Gasteiger partial charge on any atom is 0.302 e. The highest BCUT2D eigenvalue weighted by atomic mass is 16.5. The monoisotopic (exact) mass is 300 g/mol. The zero-order valence-electron chi connectivity index (χ0n) is 13.2. The first-order valence-corrected chi connectivity index (χ1v) is 7.39. The lowest BCUT2D eigenvalue weighted by Crippen LogP contribution is -1.99. The molecular weight excluding hydrogens is 276 g/mol. The summed E-state index contributed by atoms with van der Waals surface area (Å²) in [5.41, 5.74) is 0. The molecule has 0 aromatic carbocycles. The number of allylic oxidation sites excluding steroid dienone is 3. The molecule has 0 aromatic heterocycles. The van der Waals surface area contributed by atoms with Crippen molar-refractivity contribution in [1.29, 1.82) is 0 Å². The van der Waals surface area contributed by atoms with E-state index in [1.807, 2.05) is 12.2 Å². The molecule has 0 saturated heterocycles. The summed E-state index contributed by atoms with van der Waals surface area (Å²) in [7, 11) is 0. The minimum atomic E-state index is -0.548. The Hall–Kier alpha value is -2.23. The highest BCUT2D eigenvalue weighted by molar-refractivity contribution is 5.66. The molecule has 118 valence electrons. The average molecular weight is 300 g/mol. The van der Waals surface area contributed by atoms with Crippen molar-refractivity contribution in [3.8, 4) is 23.7 Å². The zero-order valence-corrected chi connectivity index (χ0v) is 13.2. The molecule has 0 aliphatic heterocycles. The van der Waals surface area contributed by atoms with E-state index >= 15 is 0 Å². The number of hydrogen-bond donors (Lipinski definition) is 1. The van der Waals surface area contributed by atoms with Crippen LogP contribution in [-0.4, -0.2) is 23.8 Å². The fraction of sp³-hybridized carbons (Fsp3) is 0.421. The van der Waals surface area contributed by atoms with Gasteiger partial charge in [-0.1, -0.05) is 30.1 Å². The van der Waals surface area contributed by atoms with Gasteiger partial charge in [0.2, 0.25) is 0 Å². The van der Waals surface area contributed by atoms with Crippen molar-refractivity contribution in [2.45, 2.75) is 45.1 Å². The summed E-state index contributed by atoms with van der Waals surface area (Å²) in [5, 5.41) is 9.66. The molecule has 0 aromatic rings. The van der Waals surface area contributed by atoms with Crippen LogP contribution in [0, 0.1) is 23.7 Å². The third-order valence-corrected chi connectivity index (χ3v) is 2.51. The van der Waals surface area contributed by atoms with Crippen LogP contribution in [0.4, 0.5) is 0 Å². The highest BCUT2D eigenvalue weighted by Gasteiger charge is 1.93. The number of carbonyl (C=O) groups excluding carboxylic acids is 1. The number of hydrogen-bond acceptors (Lipinski definition) is 3. The van der Waals surface area contributed by atoms with Crippen molar-refractivity contribution in [3.63, 3.8) is 0 Å². The molecule has 0 aliphatic carbocycles. The van der Waals surface area contributed by atoms with Crippen molar-refractivity contribution >= 4 is 5.97 Å². The first-order chi connectivity index (χ1) is 10.7. The molecule has 0 heterocycles. The second-order valence-corrected chi connectivity index (χ2v) is 4.55. The minimum absolute atomic E-state index is 0.216. The van der Waals surface area contributed by atoms with Crippen LogP contribution < -0.4 is 0 Å². The summed E-state index contributed by atoms with van der Waals surface area (Å²) in [5.74, 6) is 10.5. The number of esters is 1. The molecule has 0 bridgehead atoms. The molecule has 3 heteroatoms. The SMILES string of the molecule is C=CCCCCC=CC(O)CC#CC#CC=CCOC(C)=O. The molecule has 0 amide bonds. The Morgan fingerprint density at radius 2 is 2.05 bits per heavy atom. The van der Waals surface area contributed by atoms with Crippen molar-refractivity contribution < 1.29 is 14.6 Å². The third kappa shape index (κ3) is 15.8. The van der Waals surface area contributed by atoms with Crippen LogP contribution in [0.2, 0.25) is 0 Å². The lowest BCUT2D eigenvalue weighted by molar-refractivity contribution is -0.139. The molecule has 0 radical (unpaired) electrons. The van der Waals surface area contributed by atoms with Gasteiger partial charge in [-0.05, 0) is 49.7 Å². The Labute approximate surface area is 133 Å². The van der Waals surface area contributed by atoms with Crippen LogP contribution in [-0.2, 0) is 9.53 Å². The molecule has 0 saturated carbocycles. The lowest BCUT2D eigenvalue weighted by atomic mass is 10.1. The van der Waals surface area contributed by atoms with Gasteiger partial charge in [-0.2, -0.15) is 0 Å². The van der Waals surface area contributed by atoms with E-state index in [2.05, 4.69) is 30.3 Å². The van der Waals surface area contributed by atoms with E-state index in [0.717, 1.165) is 25.7 Å². The number of unbranched alkanes of at least 4 members (excludes halogenated alkanes) is 3. The van der Waals surface area contributed by atoms with E-state index in [4.69, 9.17) is 4.74 Å². The van der Waals surface area contributed by atoms with Crippen LogP contribution in [0.3, 0.4) is 0 Å². The number of aliphatic hydroxyl groups is 1. The van der Waals surface area contributed by atoms with Crippen molar-refractivity contribution in [3.05, 3.63) is 37.0 Å². The van der Waals surface area contributed by atoms with Gasteiger partial charge in [-0.25, -0.2) is 0 Å². The first-order valence-electron chi connectivity index (χ1n) is 7.39. The van der Waals surface area contributed by atoms with Gasteiger partial charge in [-0.3, -0.25) is 4.79 Å². The fourth-order valence-electron chi connectivity index (χ4n) is 1.42. The predicted octanol–water partition coefficient (Wildman–Crippen LogP) is 3.17. The van der Waals surface area contributed by atoms with E-state index in [1.54, 1.807) is 18.2 Å². The summed E-state index contributed by atoms with van der Waals surface area (Å²) in [6, 6.07) is 0. The Bertz CT molecular complexity index is 492. The molecule has 0 spiro atoms. The number of rotatable bonds is 9. The topological polar surface area (TPSA) is 46.5 Å². The second kappa shape index (κ2) is 15.2. The molecule has 1 N–H and O–H groups in total. The Morgan fingerprint density at radius 1 is 1.27 bits per heavy atom. The van der Waals surface area contributed by atoms with E-state index < -0.39 is 6.10 Å². The number of aliphatic hydroxyl groups excluding tert-OH is 1. The summed E-state index contributed by atoms with van der Waals surface area (Å²) >= 11 is 0. The molecule has 1 unspecified atom stereocenters. The summed E-state index contributed by atoms with van der Waals surface area (Å²) in [6.07, 6.45) is 13.0. The maximum atomic E-state index is 10.5. The normalized spacial score (nSPS) is 11.4. The smallest absolute Gasteiger partial charge is 0.302 e. The standard InChI is InChI=1S/C19H24O3/c1-3-4-5-6-9-12-15-19(21)16-13-10-7-8-11-14-17-22-18(2)20/h3,11-12,14-15,19,21H,1,4-6,9,16-17H2,2H3. The molecule has 0 rings (SSSR count). The Balaban J connectivity index is 3.78. The van der Waals surface area contributed by atoms with Crippen molar-refractivity contribution in [2.75, 3.05) is 6.61 Å². The second-order valence-electron chi connectivity index (χ2n) is 4.55. The van der Waals surface area contributed by atoms with Crippen molar-refractivity contribution in [2.24, 2.45) is 0 Å². The van der Waals surface area contributed by atoms with Gasteiger partial charge in [0.05, 0.1) is 6.10 Å². The van der Waals surface area contributed by atoms with Crippen LogP contribution in [0.1, 0.15) is 39.0 Å².